The Morgan fingerprint density at radius 3 is 2.29 bits per heavy atom. The largest absolute Gasteiger partial charge is 0.326 e. The number of carbonyl (C=O) groups excluding carboxylic acids is 1. The fraction of sp³-hybridized carbons (Fsp3) is 0.588. The number of carbonyl (C=O) groups is 1. The molecule has 5 rings (SSSR count). The molecule has 2 unspecified atom stereocenters. The lowest BCUT2D eigenvalue weighted by molar-refractivity contribution is -0.138. The van der Waals surface area contributed by atoms with Gasteiger partial charge in [0.2, 0.25) is 5.91 Å². The molecule has 4 bridgehead atoms. The zero-order chi connectivity index (χ0) is 14.7. The fourth-order valence-electron chi connectivity index (χ4n) is 5.21. The summed E-state index contributed by atoms with van der Waals surface area (Å²) in [5.41, 5.74) is 0.578. The van der Waals surface area contributed by atoms with Crippen molar-refractivity contribution in [3.8, 4) is 0 Å². The van der Waals surface area contributed by atoms with E-state index in [2.05, 4.69) is 5.32 Å². The van der Waals surface area contributed by atoms with E-state index in [4.69, 9.17) is 23.2 Å². The summed E-state index contributed by atoms with van der Waals surface area (Å²) < 4.78 is 0. The van der Waals surface area contributed by atoms with Gasteiger partial charge >= 0.3 is 0 Å². The lowest BCUT2D eigenvalue weighted by Crippen LogP contribution is -2.57. The van der Waals surface area contributed by atoms with Gasteiger partial charge in [0, 0.05) is 15.6 Å². The second kappa shape index (κ2) is 4.63. The third-order valence-electron chi connectivity index (χ3n) is 5.57. The molecule has 0 heterocycles. The van der Waals surface area contributed by atoms with Crippen molar-refractivity contribution >= 4 is 34.8 Å². The Kier molecular flexibility index (Phi) is 3.07. The summed E-state index contributed by atoms with van der Waals surface area (Å²) in [6.07, 6.45) is 6.33. The van der Waals surface area contributed by atoms with E-state index in [-0.39, 0.29) is 16.2 Å². The molecule has 0 spiro atoms. The molecular weight excluding hydrogens is 305 g/mol. The van der Waals surface area contributed by atoms with Crippen LogP contribution in [-0.2, 0) is 4.79 Å². The molecule has 112 valence electrons. The minimum atomic E-state index is -0.245. The lowest BCUT2D eigenvalue weighted by atomic mass is 9.49. The molecule has 0 aromatic heterocycles. The minimum absolute atomic E-state index is 0.124. The molecule has 4 fully saturated rings. The van der Waals surface area contributed by atoms with Crippen molar-refractivity contribution in [1.82, 2.24) is 0 Å². The van der Waals surface area contributed by atoms with E-state index in [1.807, 2.05) is 12.1 Å². The van der Waals surface area contributed by atoms with E-state index in [0.29, 0.717) is 16.9 Å². The predicted molar refractivity (Wildman–Crippen MR) is 85.8 cm³/mol. The summed E-state index contributed by atoms with van der Waals surface area (Å²) in [6, 6.07) is 7.33. The highest BCUT2D eigenvalue weighted by molar-refractivity contribution is 6.30. The highest BCUT2D eigenvalue weighted by Crippen LogP contribution is 2.64. The Labute approximate surface area is 135 Å². The first kappa shape index (κ1) is 13.9. The normalized spacial score (nSPS) is 40.3. The maximum absolute atomic E-state index is 12.9. The van der Waals surface area contributed by atoms with Crippen LogP contribution in [-0.4, -0.2) is 10.8 Å². The standard InChI is InChI=1S/C17H19Cl2NO/c18-13-1-3-14(4-2-13)20-15(21)16-6-11-5-12(7-16)9-17(19,8-11)10-16/h1-4,11-12H,5-10H2,(H,20,21)/t11-,12+,16?,17?. The molecule has 4 saturated carbocycles. The summed E-state index contributed by atoms with van der Waals surface area (Å²) in [5.74, 6) is 1.43. The van der Waals surface area contributed by atoms with Crippen molar-refractivity contribution in [2.24, 2.45) is 17.3 Å². The van der Waals surface area contributed by atoms with Crippen LogP contribution in [0.15, 0.2) is 24.3 Å². The van der Waals surface area contributed by atoms with Gasteiger partial charge in [0.25, 0.3) is 0 Å². The number of hydrogen-bond donors (Lipinski definition) is 1. The molecule has 0 radical (unpaired) electrons. The highest BCUT2D eigenvalue weighted by Gasteiger charge is 2.60. The van der Waals surface area contributed by atoms with Crippen LogP contribution in [0.2, 0.25) is 5.02 Å². The first-order valence-electron chi connectivity index (χ1n) is 7.72. The summed E-state index contributed by atoms with van der Waals surface area (Å²) in [7, 11) is 0. The van der Waals surface area contributed by atoms with Crippen LogP contribution in [0.4, 0.5) is 5.69 Å². The maximum Gasteiger partial charge on any atom is 0.230 e. The average Bonchev–Trinajstić information content (AvgIpc) is 2.38. The zero-order valence-corrected chi connectivity index (χ0v) is 13.4. The highest BCUT2D eigenvalue weighted by atomic mass is 35.5. The molecule has 1 aromatic rings. The smallest absolute Gasteiger partial charge is 0.230 e. The Bertz CT molecular complexity index is 569. The van der Waals surface area contributed by atoms with E-state index >= 15 is 0 Å². The number of halogens is 2. The van der Waals surface area contributed by atoms with E-state index < -0.39 is 0 Å². The Hall–Kier alpha value is -0.730. The van der Waals surface area contributed by atoms with Gasteiger partial charge in [0.1, 0.15) is 0 Å². The molecule has 1 aromatic carbocycles. The Balaban J connectivity index is 1.57. The number of alkyl halides is 1. The molecule has 4 aliphatic rings. The van der Waals surface area contributed by atoms with Crippen molar-refractivity contribution in [3.63, 3.8) is 0 Å². The lowest BCUT2D eigenvalue weighted by Gasteiger charge is -2.59. The Morgan fingerprint density at radius 2 is 1.71 bits per heavy atom. The van der Waals surface area contributed by atoms with Gasteiger partial charge in [-0.2, -0.15) is 0 Å². The minimum Gasteiger partial charge on any atom is -0.326 e. The van der Waals surface area contributed by atoms with Crippen LogP contribution < -0.4 is 5.32 Å². The number of benzene rings is 1. The second-order valence-corrected chi connectivity index (χ2v) is 8.59. The number of hydrogen-bond acceptors (Lipinski definition) is 1. The molecule has 0 saturated heterocycles. The van der Waals surface area contributed by atoms with Crippen molar-refractivity contribution in [2.45, 2.75) is 43.4 Å². The van der Waals surface area contributed by atoms with Gasteiger partial charge in [-0.15, -0.1) is 11.6 Å². The summed E-state index contributed by atoms with van der Waals surface area (Å²) in [6.45, 7) is 0. The van der Waals surface area contributed by atoms with Crippen LogP contribution in [0.3, 0.4) is 0 Å². The number of anilines is 1. The van der Waals surface area contributed by atoms with Crippen molar-refractivity contribution in [3.05, 3.63) is 29.3 Å². The van der Waals surface area contributed by atoms with Gasteiger partial charge in [-0.05, 0) is 74.6 Å². The first-order chi connectivity index (χ1) is 9.96. The second-order valence-electron chi connectivity index (χ2n) is 7.35. The quantitative estimate of drug-likeness (QED) is 0.774. The first-order valence-corrected chi connectivity index (χ1v) is 8.48. The number of rotatable bonds is 2. The number of nitrogens with one attached hydrogen (secondary N) is 1. The Morgan fingerprint density at radius 1 is 1.10 bits per heavy atom. The van der Waals surface area contributed by atoms with Crippen LogP contribution >= 0.6 is 23.2 Å². The fourth-order valence-corrected chi connectivity index (χ4v) is 6.03. The van der Waals surface area contributed by atoms with Crippen LogP contribution in [0, 0.1) is 17.3 Å². The van der Waals surface area contributed by atoms with Gasteiger partial charge in [-0.1, -0.05) is 11.6 Å². The topological polar surface area (TPSA) is 29.1 Å². The van der Waals surface area contributed by atoms with Crippen LogP contribution in [0.25, 0.3) is 0 Å². The van der Waals surface area contributed by atoms with Gasteiger partial charge < -0.3 is 5.32 Å². The zero-order valence-electron chi connectivity index (χ0n) is 11.9. The van der Waals surface area contributed by atoms with Crippen molar-refractivity contribution < 1.29 is 4.79 Å². The van der Waals surface area contributed by atoms with Gasteiger partial charge in [-0.25, -0.2) is 0 Å². The molecule has 2 nitrogen and oxygen atoms in total. The number of amides is 1. The predicted octanol–water partition coefficient (Wildman–Crippen LogP) is 4.86. The van der Waals surface area contributed by atoms with E-state index in [1.54, 1.807) is 12.1 Å². The van der Waals surface area contributed by atoms with Crippen LogP contribution in [0.1, 0.15) is 38.5 Å². The van der Waals surface area contributed by atoms with E-state index in [9.17, 15) is 4.79 Å². The van der Waals surface area contributed by atoms with Gasteiger partial charge in [-0.3, -0.25) is 4.79 Å². The van der Waals surface area contributed by atoms with E-state index in [0.717, 1.165) is 37.8 Å². The van der Waals surface area contributed by atoms with E-state index in [1.165, 1.54) is 6.42 Å². The third kappa shape index (κ3) is 2.37. The molecule has 1 N–H and O–H groups in total. The monoisotopic (exact) mass is 323 g/mol. The molecule has 21 heavy (non-hydrogen) atoms. The maximum atomic E-state index is 12.9. The molecule has 4 heteroatoms. The van der Waals surface area contributed by atoms with Gasteiger partial charge in [0.05, 0.1) is 5.41 Å². The molecular formula is C17H19Cl2NO. The van der Waals surface area contributed by atoms with Crippen molar-refractivity contribution in [1.29, 1.82) is 0 Å². The van der Waals surface area contributed by atoms with Crippen LogP contribution in [0.5, 0.6) is 0 Å². The summed E-state index contributed by atoms with van der Waals surface area (Å²) >= 11 is 12.7. The molecule has 4 aliphatic carbocycles. The SMILES string of the molecule is O=C(Nc1ccc(Cl)cc1)C12C[C@@H]3C[C@@H](CC(Cl)(C3)C1)C2. The van der Waals surface area contributed by atoms with Crippen molar-refractivity contribution in [2.75, 3.05) is 5.32 Å². The molecule has 1 amide bonds. The summed E-state index contributed by atoms with van der Waals surface area (Å²) in [5, 5.41) is 3.77. The summed E-state index contributed by atoms with van der Waals surface area (Å²) in [4.78, 5) is 12.8. The third-order valence-corrected chi connectivity index (χ3v) is 6.27. The van der Waals surface area contributed by atoms with Gasteiger partial charge in [0.15, 0.2) is 0 Å². The molecule has 4 atom stereocenters. The average molecular weight is 324 g/mol. The molecule has 0 aliphatic heterocycles.